The van der Waals surface area contributed by atoms with E-state index >= 15 is 0 Å². The average molecular weight is 334 g/mol. The van der Waals surface area contributed by atoms with Crippen LogP contribution in [-0.4, -0.2) is 11.6 Å². The summed E-state index contributed by atoms with van der Waals surface area (Å²) in [5, 5.41) is 0. The van der Waals surface area contributed by atoms with Crippen molar-refractivity contribution in [1.82, 2.24) is 0 Å². The van der Waals surface area contributed by atoms with Gasteiger partial charge in [0.1, 0.15) is 4.99 Å². The molecule has 0 spiro atoms. The molecule has 0 atom stereocenters. The highest BCUT2D eigenvalue weighted by Crippen LogP contribution is 2.28. The van der Waals surface area contributed by atoms with Crippen LogP contribution < -0.4 is 10.5 Å². The first-order valence-corrected chi connectivity index (χ1v) is 7.18. The normalized spacial score (nSPS) is 10.4. The monoisotopic (exact) mass is 333 g/mol. The summed E-state index contributed by atoms with van der Waals surface area (Å²) in [6.07, 6.45) is 4.38. The molecule has 0 radical (unpaired) electrons. The Morgan fingerprint density at radius 1 is 1.39 bits per heavy atom. The van der Waals surface area contributed by atoms with E-state index in [-0.39, 0.29) is 15.2 Å². The molecule has 0 saturated heterocycles. The molecule has 0 aromatic heterocycles. The molecule has 0 amide bonds. The number of nitrogens with two attached hydrogens (primary N) is 1. The van der Waals surface area contributed by atoms with E-state index < -0.39 is 5.82 Å². The zero-order valence-corrected chi connectivity index (χ0v) is 12.7. The van der Waals surface area contributed by atoms with Gasteiger partial charge in [0.15, 0.2) is 11.6 Å². The minimum absolute atomic E-state index is 0.162. The number of unbranched alkanes of at least 4 members (excludes halogenated alkanes) is 3. The first-order valence-electron chi connectivity index (χ1n) is 5.98. The number of hydrogen-bond donors (Lipinski definition) is 1. The van der Waals surface area contributed by atoms with Crippen molar-refractivity contribution in [3.8, 4) is 5.75 Å². The molecule has 0 saturated carbocycles. The number of thiocarbonyl (C=S) groups is 1. The molecule has 0 unspecified atom stereocenters. The SMILES string of the molecule is CCCCCCOc1ccc(C(N)=S)c(Br)c1F. The van der Waals surface area contributed by atoms with Gasteiger partial charge in [-0.05, 0) is 34.5 Å². The highest BCUT2D eigenvalue weighted by atomic mass is 79.9. The van der Waals surface area contributed by atoms with Crippen LogP contribution in [0.5, 0.6) is 5.75 Å². The average Bonchev–Trinajstić information content (AvgIpc) is 2.33. The fraction of sp³-hybridized carbons (Fsp3) is 0.462. The van der Waals surface area contributed by atoms with Crippen molar-refractivity contribution >= 4 is 33.1 Å². The van der Waals surface area contributed by atoms with Crippen molar-refractivity contribution in [2.45, 2.75) is 32.6 Å². The molecule has 2 N–H and O–H groups in total. The molecular weight excluding hydrogens is 317 g/mol. The molecule has 18 heavy (non-hydrogen) atoms. The van der Waals surface area contributed by atoms with E-state index in [1.807, 2.05) is 0 Å². The lowest BCUT2D eigenvalue weighted by Gasteiger charge is -2.10. The van der Waals surface area contributed by atoms with Gasteiger partial charge in [0.2, 0.25) is 0 Å². The summed E-state index contributed by atoms with van der Waals surface area (Å²) in [6, 6.07) is 3.23. The van der Waals surface area contributed by atoms with Crippen molar-refractivity contribution in [2.24, 2.45) is 5.73 Å². The molecule has 0 bridgehead atoms. The topological polar surface area (TPSA) is 35.2 Å². The minimum atomic E-state index is -0.448. The van der Waals surface area contributed by atoms with Crippen LogP contribution in [0.1, 0.15) is 38.2 Å². The molecule has 1 rings (SSSR count). The third-order valence-electron chi connectivity index (χ3n) is 2.57. The van der Waals surface area contributed by atoms with Crippen LogP contribution in [0, 0.1) is 5.82 Å². The Balaban J connectivity index is 2.62. The van der Waals surface area contributed by atoms with Gasteiger partial charge in [-0.2, -0.15) is 0 Å². The summed E-state index contributed by atoms with van der Waals surface area (Å²) in [6.45, 7) is 2.67. The third kappa shape index (κ3) is 4.21. The second-order valence-electron chi connectivity index (χ2n) is 4.01. The van der Waals surface area contributed by atoms with Gasteiger partial charge in [-0.3, -0.25) is 0 Å². The molecule has 0 aliphatic carbocycles. The summed E-state index contributed by atoms with van der Waals surface area (Å²) < 4.78 is 19.6. The van der Waals surface area contributed by atoms with E-state index in [1.54, 1.807) is 12.1 Å². The fourth-order valence-electron chi connectivity index (χ4n) is 1.54. The Morgan fingerprint density at radius 3 is 2.72 bits per heavy atom. The second-order valence-corrected chi connectivity index (χ2v) is 5.25. The maximum absolute atomic E-state index is 13.9. The zero-order chi connectivity index (χ0) is 13.5. The van der Waals surface area contributed by atoms with Gasteiger partial charge in [-0.1, -0.05) is 38.4 Å². The molecule has 1 aromatic rings. The Kier molecular flexibility index (Phi) is 6.57. The molecular formula is C13H17BrFNOS. The van der Waals surface area contributed by atoms with Crippen molar-refractivity contribution in [1.29, 1.82) is 0 Å². The molecule has 0 aliphatic heterocycles. The zero-order valence-electron chi connectivity index (χ0n) is 10.3. The van der Waals surface area contributed by atoms with Gasteiger partial charge in [-0.25, -0.2) is 4.39 Å². The summed E-state index contributed by atoms with van der Waals surface area (Å²) >= 11 is 7.97. The van der Waals surface area contributed by atoms with Crippen molar-refractivity contribution < 1.29 is 9.13 Å². The summed E-state index contributed by atoms with van der Waals surface area (Å²) in [5.41, 5.74) is 5.97. The van der Waals surface area contributed by atoms with E-state index in [0.717, 1.165) is 12.8 Å². The lowest BCUT2D eigenvalue weighted by molar-refractivity contribution is 0.290. The predicted molar refractivity (Wildman–Crippen MR) is 79.6 cm³/mol. The van der Waals surface area contributed by atoms with E-state index in [9.17, 15) is 4.39 Å². The maximum Gasteiger partial charge on any atom is 0.179 e. The van der Waals surface area contributed by atoms with Gasteiger partial charge in [0.05, 0.1) is 11.1 Å². The lowest BCUT2D eigenvalue weighted by Crippen LogP contribution is -2.11. The molecule has 0 heterocycles. The van der Waals surface area contributed by atoms with E-state index in [0.29, 0.717) is 12.2 Å². The number of rotatable bonds is 7. The fourth-order valence-corrected chi connectivity index (χ4v) is 2.39. The van der Waals surface area contributed by atoms with Crippen LogP contribution >= 0.6 is 28.1 Å². The molecule has 100 valence electrons. The summed E-state index contributed by atoms with van der Waals surface area (Å²) in [5.74, 6) is -0.214. The first kappa shape index (κ1) is 15.4. The van der Waals surface area contributed by atoms with Crippen LogP contribution in [-0.2, 0) is 0 Å². The van der Waals surface area contributed by atoms with Crippen LogP contribution in [0.3, 0.4) is 0 Å². The summed E-state index contributed by atoms with van der Waals surface area (Å²) in [4.78, 5) is 0.162. The first-order chi connectivity index (χ1) is 8.57. The number of benzene rings is 1. The Hall–Kier alpha value is -0.680. The van der Waals surface area contributed by atoms with Crippen molar-refractivity contribution in [3.05, 3.63) is 28.0 Å². The smallest absolute Gasteiger partial charge is 0.179 e. The van der Waals surface area contributed by atoms with Crippen LogP contribution in [0.2, 0.25) is 0 Å². The van der Waals surface area contributed by atoms with E-state index in [1.165, 1.54) is 12.8 Å². The largest absolute Gasteiger partial charge is 0.490 e. The highest BCUT2D eigenvalue weighted by molar-refractivity contribution is 9.10. The van der Waals surface area contributed by atoms with Crippen molar-refractivity contribution in [3.63, 3.8) is 0 Å². The maximum atomic E-state index is 13.9. The van der Waals surface area contributed by atoms with Gasteiger partial charge >= 0.3 is 0 Å². The Morgan fingerprint density at radius 2 is 2.11 bits per heavy atom. The molecule has 5 heteroatoms. The number of ether oxygens (including phenoxy) is 1. The lowest BCUT2D eigenvalue weighted by atomic mass is 10.2. The van der Waals surface area contributed by atoms with E-state index in [4.69, 9.17) is 22.7 Å². The van der Waals surface area contributed by atoms with Gasteiger partial charge in [-0.15, -0.1) is 0 Å². The van der Waals surface area contributed by atoms with Crippen LogP contribution in [0.25, 0.3) is 0 Å². The van der Waals surface area contributed by atoms with Gasteiger partial charge in [0.25, 0.3) is 0 Å². The summed E-state index contributed by atoms with van der Waals surface area (Å²) in [7, 11) is 0. The standard InChI is InChI=1S/C13H17BrFNOS/c1-2-3-4-5-8-17-10-7-6-9(13(16)18)11(14)12(10)15/h6-7H,2-5,8H2,1H3,(H2,16,18). The van der Waals surface area contributed by atoms with Gasteiger partial charge < -0.3 is 10.5 Å². The molecule has 0 fully saturated rings. The molecule has 0 aliphatic rings. The van der Waals surface area contributed by atoms with Gasteiger partial charge in [0, 0.05) is 5.56 Å². The number of hydrogen-bond acceptors (Lipinski definition) is 2. The highest BCUT2D eigenvalue weighted by Gasteiger charge is 2.13. The Labute approximate surface area is 121 Å². The third-order valence-corrected chi connectivity index (χ3v) is 3.56. The number of halogens is 2. The van der Waals surface area contributed by atoms with E-state index in [2.05, 4.69) is 22.9 Å². The molecule has 2 nitrogen and oxygen atoms in total. The van der Waals surface area contributed by atoms with Crippen molar-refractivity contribution in [2.75, 3.05) is 6.61 Å². The second kappa shape index (κ2) is 7.69. The van der Waals surface area contributed by atoms with Crippen LogP contribution in [0.15, 0.2) is 16.6 Å². The minimum Gasteiger partial charge on any atom is -0.490 e. The predicted octanol–water partition coefficient (Wildman–Crippen LogP) is 4.18. The van der Waals surface area contributed by atoms with Crippen LogP contribution in [0.4, 0.5) is 4.39 Å². The molecule has 1 aromatic carbocycles. The Bertz CT molecular complexity index is 426. The quantitative estimate of drug-likeness (QED) is 0.600.